The van der Waals surface area contributed by atoms with Gasteiger partial charge in [-0.05, 0) is 24.1 Å². The van der Waals surface area contributed by atoms with Crippen LogP contribution in [0.15, 0.2) is 58.4 Å². The Balaban J connectivity index is 1.51. The third kappa shape index (κ3) is 3.55. The first-order chi connectivity index (χ1) is 12.7. The molecule has 0 fully saturated rings. The minimum Gasteiger partial charge on any atom is -0.339 e. The predicted octanol–water partition coefficient (Wildman–Crippen LogP) is 5.15. The van der Waals surface area contributed by atoms with Crippen molar-refractivity contribution in [1.82, 2.24) is 15.1 Å². The van der Waals surface area contributed by atoms with E-state index in [1.807, 2.05) is 24.3 Å². The number of rotatable bonds is 5. The van der Waals surface area contributed by atoms with Crippen LogP contribution in [-0.2, 0) is 12.8 Å². The summed E-state index contributed by atoms with van der Waals surface area (Å²) in [6.45, 7) is 2.10. The maximum atomic E-state index is 13.0. The van der Waals surface area contributed by atoms with Crippen molar-refractivity contribution in [3.63, 3.8) is 0 Å². The molecule has 4 nitrogen and oxygen atoms in total. The van der Waals surface area contributed by atoms with Crippen LogP contribution >= 0.6 is 11.3 Å². The van der Waals surface area contributed by atoms with E-state index in [1.54, 1.807) is 23.5 Å². The van der Waals surface area contributed by atoms with Gasteiger partial charge in [0.15, 0.2) is 0 Å². The molecule has 130 valence electrons. The molecular weight excluding hydrogens is 349 g/mol. The molecule has 0 atom stereocenters. The number of halogens is 1. The Morgan fingerprint density at radius 1 is 0.962 bits per heavy atom. The van der Waals surface area contributed by atoms with Crippen LogP contribution in [0.1, 0.15) is 23.4 Å². The molecule has 0 aliphatic heterocycles. The van der Waals surface area contributed by atoms with Crippen molar-refractivity contribution >= 4 is 11.3 Å². The van der Waals surface area contributed by atoms with Crippen LogP contribution in [0.2, 0.25) is 0 Å². The monoisotopic (exact) mass is 365 g/mol. The molecular formula is C20H16FN3OS. The molecule has 4 rings (SSSR count). The Hall–Kier alpha value is -2.86. The fourth-order valence-corrected chi connectivity index (χ4v) is 3.37. The number of hydrogen-bond acceptors (Lipinski definition) is 5. The van der Waals surface area contributed by atoms with E-state index in [4.69, 9.17) is 4.52 Å². The highest BCUT2D eigenvalue weighted by atomic mass is 32.1. The molecule has 0 aliphatic rings. The summed E-state index contributed by atoms with van der Waals surface area (Å²) in [7, 11) is 0. The number of aryl methyl sites for hydroxylation is 1. The average Bonchev–Trinajstić information content (AvgIpc) is 3.33. The second kappa shape index (κ2) is 7.17. The van der Waals surface area contributed by atoms with Crippen LogP contribution in [0.25, 0.3) is 22.6 Å². The number of aromatic nitrogens is 3. The van der Waals surface area contributed by atoms with Crippen molar-refractivity contribution in [1.29, 1.82) is 0 Å². The molecule has 6 heteroatoms. The van der Waals surface area contributed by atoms with Gasteiger partial charge in [0, 0.05) is 16.5 Å². The Morgan fingerprint density at radius 2 is 1.69 bits per heavy atom. The standard InChI is InChI=1S/C20H16FN3OS/c1-2-19-22-17(12-26-19)14-5-7-15(8-6-14)20-23-18(25-24-20)11-13-3-9-16(21)10-4-13/h3-10,12H,2,11H2,1H3. The normalized spacial score (nSPS) is 11.0. The summed E-state index contributed by atoms with van der Waals surface area (Å²) in [6.07, 6.45) is 1.42. The minimum absolute atomic E-state index is 0.258. The molecule has 4 aromatic rings. The van der Waals surface area contributed by atoms with Gasteiger partial charge in [-0.2, -0.15) is 4.98 Å². The molecule has 0 saturated carbocycles. The molecule has 0 saturated heterocycles. The molecule has 2 heterocycles. The summed E-state index contributed by atoms with van der Waals surface area (Å²) in [5.41, 5.74) is 3.87. The van der Waals surface area contributed by atoms with Gasteiger partial charge in [-0.3, -0.25) is 0 Å². The summed E-state index contributed by atoms with van der Waals surface area (Å²) in [5.74, 6) is 0.787. The SMILES string of the molecule is CCc1nc(-c2ccc(-c3noc(Cc4ccc(F)cc4)n3)cc2)cs1. The summed E-state index contributed by atoms with van der Waals surface area (Å²) >= 11 is 1.68. The van der Waals surface area contributed by atoms with Crippen LogP contribution in [-0.4, -0.2) is 15.1 Å². The lowest BCUT2D eigenvalue weighted by Gasteiger charge is -1.98. The maximum Gasteiger partial charge on any atom is 0.231 e. The van der Waals surface area contributed by atoms with E-state index in [0.29, 0.717) is 18.1 Å². The van der Waals surface area contributed by atoms with Gasteiger partial charge in [0.1, 0.15) is 5.82 Å². The zero-order valence-corrected chi connectivity index (χ0v) is 15.0. The van der Waals surface area contributed by atoms with Crippen molar-refractivity contribution in [3.8, 4) is 22.6 Å². The smallest absolute Gasteiger partial charge is 0.231 e. The van der Waals surface area contributed by atoms with Crippen molar-refractivity contribution in [2.45, 2.75) is 19.8 Å². The Kier molecular flexibility index (Phi) is 4.58. The van der Waals surface area contributed by atoms with Crippen LogP contribution in [0, 0.1) is 5.82 Å². The largest absolute Gasteiger partial charge is 0.339 e. The number of benzene rings is 2. The predicted molar refractivity (Wildman–Crippen MR) is 99.4 cm³/mol. The lowest BCUT2D eigenvalue weighted by Crippen LogP contribution is -1.89. The van der Waals surface area contributed by atoms with E-state index in [9.17, 15) is 4.39 Å². The molecule has 2 aromatic carbocycles. The molecule has 0 amide bonds. The fourth-order valence-electron chi connectivity index (χ4n) is 2.62. The van der Waals surface area contributed by atoms with Crippen LogP contribution < -0.4 is 0 Å². The lowest BCUT2D eigenvalue weighted by molar-refractivity contribution is 0.385. The molecule has 0 aliphatic carbocycles. The number of thiazole rings is 1. The van der Waals surface area contributed by atoms with Gasteiger partial charge in [-0.25, -0.2) is 9.37 Å². The van der Waals surface area contributed by atoms with Crippen molar-refractivity contribution in [2.75, 3.05) is 0 Å². The van der Waals surface area contributed by atoms with Crippen LogP contribution in [0.3, 0.4) is 0 Å². The third-order valence-electron chi connectivity index (χ3n) is 4.03. The van der Waals surface area contributed by atoms with Gasteiger partial charge < -0.3 is 4.52 Å². The van der Waals surface area contributed by atoms with Crippen molar-refractivity contribution < 1.29 is 8.91 Å². The van der Waals surface area contributed by atoms with Crippen molar-refractivity contribution in [2.24, 2.45) is 0 Å². The topological polar surface area (TPSA) is 51.8 Å². The lowest BCUT2D eigenvalue weighted by atomic mass is 10.1. The molecule has 0 radical (unpaired) electrons. The zero-order chi connectivity index (χ0) is 17.9. The second-order valence-electron chi connectivity index (χ2n) is 5.87. The second-order valence-corrected chi connectivity index (χ2v) is 6.82. The highest BCUT2D eigenvalue weighted by molar-refractivity contribution is 7.09. The Labute approximate surface area is 154 Å². The fraction of sp³-hybridized carbons (Fsp3) is 0.150. The van der Waals surface area contributed by atoms with E-state index in [0.717, 1.165) is 33.8 Å². The van der Waals surface area contributed by atoms with E-state index in [2.05, 4.69) is 27.4 Å². The van der Waals surface area contributed by atoms with Gasteiger partial charge in [-0.15, -0.1) is 11.3 Å². The quantitative estimate of drug-likeness (QED) is 0.491. The minimum atomic E-state index is -0.258. The first-order valence-electron chi connectivity index (χ1n) is 8.33. The summed E-state index contributed by atoms with van der Waals surface area (Å²) < 4.78 is 18.3. The average molecular weight is 365 g/mol. The molecule has 0 spiro atoms. The van der Waals surface area contributed by atoms with E-state index < -0.39 is 0 Å². The number of hydrogen-bond donors (Lipinski definition) is 0. The highest BCUT2D eigenvalue weighted by Crippen LogP contribution is 2.25. The zero-order valence-electron chi connectivity index (χ0n) is 14.1. The molecule has 26 heavy (non-hydrogen) atoms. The van der Waals surface area contributed by atoms with Gasteiger partial charge >= 0.3 is 0 Å². The van der Waals surface area contributed by atoms with Gasteiger partial charge in [0.05, 0.1) is 17.1 Å². The summed E-state index contributed by atoms with van der Waals surface area (Å²) in [5, 5.41) is 7.25. The molecule has 0 bridgehead atoms. The third-order valence-corrected chi connectivity index (χ3v) is 5.02. The first kappa shape index (κ1) is 16.6. The van der Waals surface area contributed by atoms with Crippen molar-refractivity contribution in [3.05, 3.63) is 76.2 Å². The molecule has 2 aromatic heterocycles. The Bertz CT molecular complexity index is 1010. The maximum absolute atomic E-state index is 13.0. The van der Waals surface area contributed by atoms with E-state index in [-0.39, 0.29) is 5.82 Å². The van der Waals surface area contributed by atoms with Gasteiger partial charge in [0.25, 0.3) is 0 Å². The Morgan fingerprint density at radius 3 is 2.38 bits per heavy atom. The molecule has 0 N–H and O–H groups in total. The van der Waals surface area contributed by atoms with Crippen LogP contribution in [0.5, 0.6) is 0 Å². The highest BCUT2D eigenvalue weighted by Gasteiger charge is 2.10. The number of nitrogens with zero attached hydrogens (tertiary/aromatic N) is 3. The van der Waals surface area contributed by atoms with Gasteiger partial charge in [-0.1, -0.05) is 48.5 Å². The summed E-state index contributed by atoms with van der Waals surface area (Å²) in [4.78, 5) is 9.03. The molecule has 0 unspecified atom stereocenters. The summed E-state index contributed by atoms with van der Waals surface area (Å²) in [6, 6.07) is 14.2. The van der Waals surface area contributed by atoms with E-state index >= 15 is 0 Å². The van der Waals surface area contributed by atoms with Gasteiger partial charge in [0.2, 0.25) is 11.7 Å². The first-order valence-corrected chi connectivity index (χ1v) is 9.21. The van der Waals surface area contributed by atoms with E-state index in [1.165, 1.54) is 12.1 Å². The van der Waals surface area contributed by atoms with Crippen LogP contribution in [0.4, 0.5) is 4.39 Å².